The number of anilines is 1. The molecule has 4 rings (SSSR count). The molecule has 2 heterocycles. The zero-order chi connectivity index (χ0) is 19.5. The Morgan fingerprint density at radius 2 is 1.89 bits per heavy atom. The van der Waals surface area contributed by atoms with Crippen molar-refractivity contribution in [3.05, 3.63) is 68.4 Å². The van der Waals surface area contributed by atoms with Gasteiger partial charge >= 0.3 is 5.97 Å². The summed E-state index contributed by atoms with van der Waals surface area (Å²) in [6.07, 6.45) is 3.23. The lowest BCUT2D eigenvalue weighted by atomic mass is 10.0. The van der Waals surface area contributed by atoms with Gasteiger partial charge in [0.2, 0.25) is 0 Å². The lowest BCUT2D eigenvalue weighted by Crippen LogP contribution is -2.25. The highest BCUT2D eigenvalue weighted by Crippen LogP contribution is 2.36. The van der Waals surface area contributed by atoms with Crippen LogP contribution in [0.15, 0.2) is 41.8 Å². The maximum absolute atomic E-state index is 11.1. The van der Waals surface area contributed by atoms with Crippen molar-refractivity contribution in [2.24, 2.45) is 0 Å². The fraction of sp³-hybridized carbons (Fsp3) is 0.364. The fourth-order valence-electron chi connectivity index (χ4n) is 3.74. The Kier molecular flexibility index (Phi) is 5.78. The fourth-order valence-corrected chi connectivity index (χ4v) is 5.64. The summed E-state index contributed by atoms with van der Waals surface area (Å²) in [7, 11) is 0. The Morgan fingerprint density at radius 3 is 2.54 bits per heavy atom. The number of carboxylic acids is 1. The van der Waals surface area contributed by atoms with Gasteiger partial charge in [-0.15, -0.1) is 22.7 Å². The molecule has 0 bridgehead atoms. The third-order valence-corrected chi connectivity index (χ3v) is 7.39. The van der Waals surface area contributed by atoms with Crippen molar-refractivity contribution in [2.75, 3.05) is 11.4 Å². The molecule has 4 nitrogen and oxygen atoms in total. The molecule has 2 aromatic heterocycles. The minimum atomic E-state index is -0.770. The number of hydrogen-bond donors (Lipinski definition) is 1. The first-order chi connectivity index (χ1) is 13.6. The van der Waals surface area contributed by atoms with Crippen molar-refractivity contribution >= 4 is 33.8 Å². The molecule has 28 heavy (non-hydrogen) atoms. The van der Waals surface area contributed by atoms with Gasteiger partial charge in [-0.2, -0.15) is 0 Å². The number of aliphatic carboxylic acids is 1. The maximum atomic E-state index is 11.1. The summed E-state index contributed by atoms with van der Waals surface area (Å²) in [5.74, 6) is -0.342. The number of hydrogen-bond acceptors (Lipinski definition) is 5. The minimum Gasteiger partial charge on any atom is -0.481 e. The molecule has 0 spiro atoms. The number of thiazole rings is 1. The van der Waals surface area contributed by atoms with E-state index in [1.165, 1.54) is 20.9 Å². The monoisotopic (exact) mass is 412 g/mol. The van der Waals surface area contributed by atoms with E-state index in [0.29, 0.717) is 12.5 Å². The predicted octanol–water partition coefficient (Wildman–Crippen LogP) is 5.13. The third kappa shape index (κ3) is 4.28. The van der Waals surface area contributed by atoms with E-state index in [1.54, 1.807) is 22.7 Å². The molecule has 1 aromatic carbocycles. The number of aryl methyl sites for hydroxylation is 1. The van der Waals surface area contributed by atoms with Crippen LogP contribution in [0.3, 0.4) is 0 Å². The highest BCUT2D eigenvalue weighted by Gasteiger charge is 2.25. The number of carboxylic acid groups (broad SMARTS) is 1. The van der Waals surface area contributed by atoms with Gasteiger partial charge in [0.25, 0.3) is 0 Å². The SMILES string of the molecule is CCc1ccc(CN(CCC(=O)O)c2nc(C3Cc4ccccc4C3)cs2)s1. The normalized spacial score (nSPS) is 13.6. The second kappa shape index (κ2) is 8.45. The molecule has 0 atom stereocenters. The number of fused-ring (bicyclic) bond motifs is 1. The van der Waals surface area contributed by atoms with E-state index in [4.69, 9.17) is 10.1 Å². The van der Waals surface area contributed by atoms with Crippen molar-refractivity contribution in [3.63, 3.8) is 0 Å². The average Bonchev–Trinajstić information content (AvgIpc) is 3.43. The molecule has 0 aliphatic heterocycles. The van der Waals surface area contributed by atoms with Gasteiger partial charge in [-0.3, -0.25) is 4.79 Å². The summed E-state index contributed by atoms with van der Waals surface area (Å²) in [5, 5.41) is 12.2. The lowest BCUT2D eigenvalue weighted by Gasteiger charge is -2.20. The largest absolute Gasteiger partial charge is 0.481 e. The molecular formula is C22H24N2O2S2. The van der Waals surface area contributed by atoms with Gasteiger partial charge in [-0.05, 0) is 42.5 Å². The Hall–Kier alpha value is -2.18. The summed E-state index contributed by atoms with van der Waals surface area (Å²) in [5.41, 5.74) is 3.99. The van der Waals surface area contributed by atoms with E-state index in [-0.39, 0.29) is 6.42 Å². The summed E-state index contributed by atoms with van der Waals surface area (Å²) in [6.45, 7) is 3.35. The molecule has 1 N–H and O–H groups in total. The number of nitrogens with zero attached hydrogens (tertiary/aromatic N) is 2. The van der Waals surface area contributed by atoms with E-state index in [9.17, 15) is 4.79 Å². The molecule has 146 valence electrons. The van der Waals surface area contributed by atoms with Gasteiger partial charge in [0.05, 0.1) is 18.7 Å². The first kappa shape index (κ1) is 19.2. The quantitative estimate of drug-likeness (QED) is 0.557. The third-order valence-electron chi connectivity index (χ3n) is 5.26. The molecule has 0 radical (unpaired) electrons. The van der Waals surface area contributed by atoms with Gasteiger partial charge in [0.1, 0.15) is 0 Å². The van der Waals surface area contributed by atoms with E-state index < -0.39 is 5.97 Å². The molecule has 0 amide bonds. The highest BCUT2D eigenvalue weighted by molar-refractivity contribution is 7.14. The number of thiophene rings is 1. The molecule has 0 fully saturated rings. The average molecular weight is 413 g/mol. The topological polar surface area (TPSA) is 53.4 Å². The van der Waals surface area contributed by atoms with Crippen LogP contribution in [0.2, 0.25) is 0 Å². The Bertz CT molecular complexity index is 938. The lowest BCUT2D eigenvalue weighted by molar-refractivity contribution is -0.136. The molecule has 1 aliphatic carbocycles. The molecule has 3 aromatic rings. The van der Waals surface area contributed by atoms with Crippen LogP contribution in [0.4, 0.5) is 5.13 Å². The van der Waals surface area contributed by atoms with Crippen LogP contribution < -0.4 is 4.90 Å². The summed E-state index contributed by atoms with van der Waals surface area (Å²) in [6, 6.07) is 12.9. The van der Waals surface area contributed by atoms with E-state index in [1.807, 2.05) is 0 Å². The molecule has 0 saturated carbocycles. The van der Waals surface area contributed by atoms with Crippen molar-refractivity contribution in [3.8, 4) is 0 Å². The summed E-state index contributed by atoms with van der Waals surface area (Å²) < 4.78 is 0. The number of rotatable bonds is 8. The van der Waals surface area contributed by atoms with Gasteiger partial charge in [0.15, 0.2) is 5.13 Å². The van der Waals surface area contributed by atoms with E-state index in [2.05, 4.69) is 53.6 Å². The first-order valence-corrected chi connectivity index (χ1v) is 11.4. The van der Waals surface area contributed by atoms with Crippen LogP contribution in [0.1, 0.15) is 45.8 Å². The van der Waals surface area contributed by atoms with Crippen LogP contribution in [-0.4, -0.2) is 22.6 Å². The van der Waals surface area contributed by atoms with E-state index >= 15 is 0 Å². The van der Waals surface area contributed by atoms with E-state index in [0.717, 1.165) is 36.6 Å². The Balaban J connectivity index is 1.51. The zero-order valence-electron chi connectivity index (χ0n) is 15.9. The molecule has 6 heteroatoms. The van der Waals surface area contributed by atoms with Crippen molar-refractivity contribution in [2.45, 2.75) is 45.1 Å². The zero-order valence-corrected chi connectivity index (χ0v) is 17.6. The van der Waals surface area contributed by atoms with Gasteiger partial charge in [-0.1, -0.05) is 31.2 Å². The summed E-state index contributed by atoms with van der Waals surface area (Å²) in [4.78, 5) is 20.8. The molecule has 0 unspecified atom stereocenters. The van der Waals surface area contributed by atoms with Gasteiger partial charge in [0, 0.05) is 27.6 Å². The smallest absolute Gasteiger partial charge is 0.305 e. The molecular weight excluding hydrogens is 388 g/mol. The Morgan fingerprint density at radius 1 is 1.18 bits per heavy atom. The van der Waals surface area contributed by atoms with Crippen LogP contribution >= 0.6 is 22.7 Å². The van der Waals surface area contributed by atoms with Crippen LogP contribution in [-0.2, 0) is 30.6 Å². The van der Waals surface area contributed by atoms with Gasteiger partial charge in [-0.25, -0.2) is 4.98 Å². The minimum absolute atomic E-state index is 0.121. The second-order valence-electron chi connectivity index (χ2n) is 7.22. The number of benzene rings is 1. The standard InChI is InChI=1S/C22H24N2O2S2/c1-2-18-7-8-19(28-18)13-24(10-9-21(25)26)22-23-20(14-27-22)17-11-15-5-3-4-6-16(15)12-17/h3-8,14,17H,2,9-13H2,1H3,(H,25,26). The highest BCUT2D eigenvalue weighted by atomic mass is 32.1. The maximum Gasteiger partial charge on any atom is 0.305 e. The van der Waals surface area contributed by atoms with Crippen molar-refractivity contribution in [1.29, 1.82) is 0 Å². The molecule has 1 aliphatic rings. The predicted molar refractivity (Wildman–Crippen MR) is 116 cm³/mol. The van der Waals surface area contributed by atoms with Crippen LogP contribution in [0.5, 0.6) is 0 Å². The van der Waals surface area contributed by atoms with Crippen molar-refractivity contribution < 1.29 is 9.90 Å². The van der Waals surface area contributed by atoms with Crippen LogP contribution in [0, 0.1) is 0 Å². The van der Waals surface area contributed by atoms with Gasteiger partial charge < -0.3 is 10.0 Å². The number of carbonyl (C=O) groups is 1. The Labute approximate surface area is 173 Å². The molecule has 0 saturated heterocycles. The summed E-state index contributed by atoms with van der Waals surface area (Å²) >= 11 is 3.43. The second-order valence-corrected chi connectivity index (χ2v) is 9.31. The number of aromatic nitrogens is 1. The van der Waals surface area contributed by atoms with Crippen molar-refractivity contribution in [1.82, 2.24) is 4.98 Å². The first-order valence-electron chi connectivity index (χ1n) is 9.69. The van der Waals surface area contributed by atoms with Crippen LogP contribution in [0.25, 0.3) is 0 Å².